The van der Waals surface area contributed by atoms with Gasteiger partial charge in [-0.1, -0.05) is 0 Å². The molecular weight excluding hydrogens is 459 g/mol. The minimum absolute atomic E-state index is 0.286. The summed E-state index contributed by atoms with van der Waals surface area (Å²) in [6.45, 7) is 7.73. The van der Waals surface area contributed by atoms with Crippen molar-refractivity contribution in [1.29, 1.82) is 0 Å². The Morgan fingerprint density at radius 1 is 1.00 bits per heavy atom. The average molecular weight is 477 g/mol. The smallest absolute Gasteiger partial charge is 0.323 e. The van der Waals surface area contributed by atoms with Crippen LogP contribution in [0, 0.1) is 12.4 Å². The van der Waals surface area contributed by atoms with E-state index in [0.717, 1.165) is 0 Å². The molecule has 4 rings (SSSR count). The van der Waals surface area contributed by atoms with Gasteiger partial charge < -0.3 is 20.1 Å². The number of alkyl halides is 1. The Labute approximate surface area is 199 Å². The number of hydrogen-bond acceptors (Lipinski definition) is 4. The molecule has 0 saturated carbocycles. The monoisotopic (exact) mass is 476 g/mol. The van der Waals surface area contributed by atoms with E-state index in [0.29, 0.717) is 51.1 Å². The van der Waals surface area contributed by atoms with Gasteiger partial charge in [0.05, 0.1) is 24.6 Å². The molecule has 2 N–H and O–H groups in total. The molecule has 0 atom stereocenters. The van der Waals surface area contributed by atoms with E-state index in [1.165, 1.54) is 24.3 Å². The highest BCUT2D eigenvalue weighted by Gasteiger charge is 2.12. The summed E-state index contributed by atoms with van der Waals surface area (Å²) in [5, 5.41) is 5.98. The zero-order valence-electron chi connectivity index (χ0n) is 17.7. The maximum atomic E-state index is 13.0. The van der Waals surface area contributed by atoms with Gasteiger partial charge in [-0.25, -0.2) is 14.0 Å². The molecule has 7 nitrogen and oxygen atoms in total. The second kappa shape index (κ2) is 10.5. The largest absolute Gasteiger partial charge is 0.503 e. The van der Waals surface area contributed by atoms with Crippen LogP contribution < -0.4 is 20.1 Å². The zero-order valence-corrected chi connectivity index (χ0v) is 18.5. The fraction of sp³-hybridized carbons (Fsp3) is 0.0800. The molecule has 3 aromatic carbocycles. The number of halogens is 2. The molecule has 0 bridgehead atoms. The SMILES string of the molecule is [C-]#[N+]c1cc2c(Oc3ccc(NC(=O)Nc4ccc(F)cc4)cc3)ccnc2cc1OCCCl. The lowest BCUT2D eigenvalue weighted by atomic mass is 10.1. The van der Waals surface area contributed by atoms with Gasteiger partial charge >= 0.3 is 6.03 Å². The van der Waals surface area contributed by atoms with Crippen molar-refractivity contribution in [2.24, 2.45) is 0 Å². The summed E-state index contributed by atoms with van der Waals surface area (Å²) in [4.78, 5) is 20.0. The van der Waals surface area contributed by atoms with E-state index in [1.807, 2.05) is 0 Å². The van der Waals surface area contributed by atoms with Gasteiger partial charge in [0.1, 0.15) is 23.1 Å². The number of nitrogens with zero attached hydrogens (tertiary/aromatic N) is 2. The number of anilines is 2. The van der Waals surface area contributed by atoms with E-state index in [9.17, 15) is 9.18 Å². The third kappa shape index (κ3) is 5.52. The highest BCUT2D eigenvalue weighted by Crippen LogP contribution is 2.37. The number of fused-ring (bicyclic) bond motifs is 1. The van der Waals surface area contributed by atoms with Crippen molar-refractivity contribution in [3.05, 3.63) is 90.2 Å². The first-order chi connectivity index (χ1) is 16.6. The van der Waals surface area contributed by atoms with Crippen molar-refractivity contribution in [3.63, 3.8) is 0 Å². The first-order valence-corrected chi connectivity index (χ1v) is 10.7. The van der Waals surface area contributed by atoms with Crippen LogP contribution in [0.2, 0.25) is 0 Å². The molecule has 0 aliphatic carbocycles. The van der Waals surface area contributed by atoms with Crippen molar-refractivity contribution in [1.82, 2.24) is 4.98 Å². The molecule has 4 aromatic rings. The van der Waals surface area contributed by atoms with Crippen LogP contribution in [-0.2, 0) is 0 Å². The summed E-state index contributed by atoms with van der Waals surface area (Å²) in [6.07, 6.45) is 1.61. The number of nitrogens with one attached hydrogen (secondary N) is 2. The lowest BCUT2D eigenvalue weighted by Crippen LogP contribution is -2.19. The maximum Gasteiger partial charge on any atom is 0.323 e. The predicted octanol–water partition coefficient (Wildman–Crippen LogP) is 6.98. The Hall–Kier alpha value is -4.35. The highest BCUT2D eigenvalue weighted by atomic mass is 35.5. The van der Waals surface area contributed by atoms with Crippen LogP contribution in [0.15, 0.2) is 72.9 Å². The van der Waals surface area contributed by atoms with Gasteiger partial charge in [0.25, 0.3) is 0 Å². The van der Waals surface area contributed by atoms with Crippen LogP contribution in [0.25, 0.3) is 15.7 Å². The number of amides is 2. The Kier molecular flexibility index (Phi) is 7.06. The number of hydrogen-bond donors (Lipinski definition) is 2. The topological polar surface area (TPSA) is 76.8 Å². The lowest BCUT2D eigenvalue weighted by Gasteiger charge is -2.12. The van der Waals surface area contributed by atoms with Gasteiger partial charge in [-0.2, -0.15) is 0 Å². The zero-order chi connectivity index (χ0) is 23.9. The number of benzene rings is 3. The highest BCUT2D eigenvalue weighted by molar-refractivity contribution is 6.18. The summed E-state index contributed by atoms with van der Waals surface area (Å²) in [7, 11) is 0. The summed E-state index contributed by atoms with van der Waals surface area (Å²) >= 11 is 5.68. The molecule has 0 radical (unpaired) electrons. The van der Waals surface area contributed by atoms with Crippen molar-refractivity contribution >= 4 is 45.6 Å². The number of carbonyl (C=O) groups excluding carboxylic acids is 1. The van der Waals surface area contributed by atoms with E-state index in [1.54, 1.807) is 48.7 Å². The second-order valence-corrected chi connectivity index (χ2v) is 7.39. The minimum Gasteiger partial charge on any atom is -0.503 e. The molecule has 0 aliphatic rings. The molecule has 1 heterocycles. The molecule has 1 aromatic heterocycles. The summed E-state index contributed by atoms with van der Waals surface area (Å²) < 4.78 is 24.5. The summed E-state index contributed by atoms with van der Waals surface area (Å²) in [5.41, 5.74) is 1.97. The van der Waals surface area contributed by atoms with E-state index >= 15 is 0 Å². The van der Waals surface area contributed by atoms with E-state index in [4.69, 9.17) is 27.6 Å². The van der Waals surface area contributed by atoms with Crippen molar-refractivity contribution in [3.8, 4) is 17.2 Å². The molecule has 0 spiro atoms. The number of pyridine rings is 1. The Balaban J connectivity index is 1.47. The van der Waals surface area contributed by atoms with Gasteiger partial charge in [0.15, 0.2) is 0 Å². The van der Waals surface area contributed by atoms with Gasteiger partial charge in [0, 0.05) is 23.0 Å². The van der Waals surface area contributed by atoms with Crippen LogP contribution in [0.4, 0.5) is 26.2 Å². The number of ether oxygens (including phenoxy) is 2. The number of urea groups is 1. The molecule has 0 unspecified atom stereocenters. The second-order valence-electron chi connectivity index (χ2n) is 7.01. The quantitative estimate of drug-likeness (QED) is 0.223. The number of rotatable bonds is 7. The summed E-state index contributed by atoms with van der Waals surface area (Å²) in [6, 6.07) is 16.8. The maximum absolute atomic E-state index is 13.0. The standard InChI is InChI=1S/C25H18ClFN4O3/c1-28-22-14-20-21(15-24(22)33-13-11-26)29-12-10-23(20)34-19-8-6-18(7-9-19)31-25(32)30-17-4-2-16(27)3-5-17/h2-10,12,14-15H,11,13H2,(H2,30,31,32). The fourth-order valence-electron chi connectivity index (χ4n) is 3.14. The number of aromatic nitrogens is 1. The lowest BCUT2D eigenvalue weighted by molar-refractivity contribution is 0.262. The van der Waals surface area contributed by atoms with Crippen molar-refractivity contribution < 1.29 is 18.7 Å². The summed E-state index contributed by atoms with van der Waals surface area (Å²) in [5.74, 6) is 1.40. The third-order valence-corrected chi connectivity index (χ3v) is 4.83. The van der Waals surface area contributed by atoms with E-state index in [2.05, 4.69) is 20.5 Å². The van der Waals surface area contributed by atoms with Crippen LogP contribution in [0.3, 0.4) is 0 Å². The minimum atomic E-state index is -0.459. The average Bonchev–Trinajstić information content (AvgIpc) is 2.85. The van der Waals surface area contributed by atoms with Crippen molar-refractivity contribution in [2.45, 2.75) is 0 Å². The molecule has 9 heteroatoms. The van der Waals surface area contributed by atoms with Crippen LogP contribution in [0.1, 0.15) is 0 Å². The van der Waals surface area contributed by atoms with Gasteiger partial charge in [-0.15, -0.1) is 11.6 Å². The Morgan fingerprint density at radius 3 is 2.32 bits per heavy atom. The van der Waals surface area contributed by atoms with Crippen LogP contribution in [0.5, 0.6) is 17.2 Å². The van der Waals surface area contributed by atoms with Crippen LogP contribution in [-0.4, -0.2) is 23.5 Å². The van der Waals surface area contributed by atoms with Crippen molar-refractivity contribution in [2.75, 3.05) is 23.1 Å². The normalized spacial score (nSPS) is 10.4. The van der Waals surface area contributed by atoms with Gasteiger partial charge in [-0.05, 0) is 66.7 Å². The molecular formula is C25H18ClFN4O3. The molecule has 0 aliphatic heterocycles. The predicted molar refractivity (Wildman–Crippen MR) is 130 cm³/mol. The first-order valence-electron chi connectivity index (χ1n) is 10.2. The molecule has 2 amide bonds. The molecule has 170 valence electrons. The van der Waals surface area contributed by atoms with Gasteiger partial charge in [0.2, 0.25) is 5.69 Å². The molecule has 0 saturated heterocycles. The Bertz CT molecular complexity index is 1360. The third-order valence-electron chi connectivity index (χ3n) is 4.68. The number of carbonyl (C=O) groups is 1. The Morgan fingerprint density at radius 2 is 1.68 bits per heavy atom. The molecule has 0 fully saturated rings. The fourth-order valence-corrected chi connectivity index (χ4v) is 3.21. The van der Waals surface area contributed by atoms with Crippen LogP contribution >= 0.6 is 11.6 Å². The van der Waals surface area contributed by atoms with E-state index in [-0.39, 0.29) is 12.4 Å². The van der Waals surface area contributed by atoms with Gasteiger partial charge in [-0.3, -0.25) is 4.98 Å². The first kappa shape index (κ1) is 22.8. The van der Waals surface area contributed by atoms with E-state index < -0.39 is 6.03 Å². The molecule has 34 heavy (non-hydrogen) atoms.